The molecule has 0 aromatic carbocycles. The van der Waals surface area contributed by atoms with Gasteiger partial charge in [0, 0.05) is 45.6 Å². The minimum atomic E-state index is 0.156. The van der Waals surface area contributed by atoms with E-state index in [2.05, 4.69) is 24.3 Å². The molecule has 0 saturated carbocycles. The van der Waals surface area contributed by atoms with E-state index in [4.69, 9.17) is 4.74 Å². The van der Waals surface area contributed by atoms with Crippen molar-refractivity contribution >= 4 is 5.91 Å². The zero-order valence-corrected chi connectivity index (χ0v) is 15.2. The molecule has 0 spiro atoms. The van der Waals surface area contributed by atoms with Crippen molar-refractivity contribution in [3.05, 3.63) is 29.9 Å². The Labute approximate surface area is 147 Å². The highest BCUT2D eigenvalue weighted by Gasteiger charge is 2.28. The highest BCUT2D eigenvalue weighted by atomic mass is 16.5. The van der Waals surface area contributed by atoms with Crippen molar-refractivity contribution in [2.24, 2.45) is 7.05 Å². The molecule has 8 nitrogen and oxygen atoms in total. The number of amides is 1. The maximum absolute atomic E-state index is 12.3. The van der Waals surface area contributed by atoms with Gasteiger partial charge >= 0.3 is 0 Å². The van der Waals surface area contributed by atoms with E-state index in [1.165, 1.54) is 0 Å². The van der Waals surface area contributed by atoms with E-state index in [1.54, 1.807) is 13.3 Å². The first-order valence-electron chi connectivity index (χ1n) is 8.72. The molecule has 1 saturated heterocycles. The first-order valence-corrected chi connectivity index (χ1v) is 8.72. The number of aryl methyl sites for hydroxylation is 1. The summed E-state index contributed by atoms with van der Waals surface area (Å²) in [6, 6.07) is 0. The average molecular weight is 346 g/mol. The van der Waals surface area contributed by atoms with Crippen LogP contribution in [0.25, 0.3) is 0 Å². The summed E-state index contributed by atoms with van der Waals surface area (Å²) in [5.41, 5.74) is 0. The normalized spacial score (nSPS) is 17.9. The van der Waals surface area contributed by atoms with Crippen LogP contribution in [0.5, 0.6) is 0 Å². The number of carbonyl (C=O) groups excluding carboxylic acids is 1. The third-order valence-electron chi connectivity index (χ3n) is 4.89. The first-order chi connectivity index (χ1) is 12.1. The second kappa shape index (κ2) is 7.77. The summed E-state index contributed by atoms with van der Waals surface area (Å²) in [6.07, 6.45) is 6.20. The molecule has 2 aromatic heterocycles. The van der Waals surface area contributed by atoms with Gasteiger partial charge in [-0.15, -0.1) is 10.2 Å². The van der Waals surface area contributed by atoms with Crippen LogP contribution in [0, 0.1) is 6.92 Å². The van der Waals surface area contributed by atoms with Gasteiger partial charge in [0.1, 0.15) is 11.6 Å². The lowest BCUT2D eigenvalue weighted by Gasteiger charge is -2.32. The van der Waals surface area contributed by atoms with Crippen LogP contribution < -0.4 is 0 Å². The number of methoxy groups -OCH3 is 1. The number of nitrogens with zero attached hydrogens (tertiary/aromatic N) is 6. The molecule has 2 aromatic rings. The van der Waals surface area contributed by atoms with Crippen LogP contribution in [0.15, 0.2) is 12.4 Å². The number of piperidine rings is 1. The van der Waals surface area contributed by atoms with E-state index < -0.39 is 0 Å². The summed E-state index contributed by atoms with van der Waals surface area (Å²) in [4.78, 5) is 18.4. The Morgan fingerprint density at radius 2 is 2.24 bits per heavy atom. The zero-order valence-electron chi connectivity index (χ0n) is 15.2. The maximum atomic E-state index is 12.3. The average Bonchev–Trinajstić information content (AvgIpc) is 3.19. The summed E-state index contributed by atoms with van der Waals surface area (Å²) in [7, 11) is 3.62. The van der Waals surface area contributed by atoms with Crippen LogP contribution in [0.4, 0.5) is 0 Å². The zero-order chi connectivity index (χ0) is 17.8. The quantitative estimate of drug-likeness (QED) is 0.783. The van der Waals surface area contributed by atoms with Crippen LogP contribution in [-0.2, 0) is 23.1 Å². The van der Waals surface area contributed by atoms with E-state index in [0.29, 0.717) is 26.1 Å². The number of imidazole rings is 1. The van der Waals surface area contributed by atoms with Crippen molar-refractivity contribution in [3.8, 4) is 0 Å². The third kappa shape index (κ3) is 3.89. The maximum Gasteiger partial charge on any atom is 0.224 e. The fraction of sp³-hybridized carbons (Fsp3) is 0.647. The van der Waals surface area contributed by atoms with E-state index in [0.717, 1.165) is 36.9 Å². The standard InChI is InChI=1S/C17H26N6O2/c1-13-18-7-9-22(13)12-15-19-20-17(21(15)2)14-5-4-8-23(11-14)16(24)6-10-25-3/h7,9,14H,4-6,8,10-12H2,1-3H3/t14-/m0/s1. The van der Waals surface area contributed by atoms with Gasteiger partial charge < -0.3 is 18.8 Å². The fourth-order valence-electron chi connectivity index (χ4n) is 3.35. The molecule has 1 aliphatic heterocycles. The number of hydrogen-bond acceptors (Lipinski definition) is 5. The number of ether oxygens (including phenoxy) is 1. The molecule has 0 aliphatic carbocycles. The second-order valence-electron chi connectivity index (χ2n) is 6.56. The monoisotopic (exact) mass is 346 g/mol. The molecule has 1 amide bonds. The molecule has 1 aliphatic rings. The minimum Gasteiger partial charge on any atom is -0.384 e. The van der Waals surface area contributed by atoms with Crippen molar-refractivity contribution in [1.29, 1.82) is 0 Å². The highest BCUT2D eigenvalue weighted by Crippen LogP contribution is 2.26. The van der Waals surface area contributed by atoms with Gasteiger partial charge in [0.25, 0.3) is 0 Å². The Morgan fingerprint density at radius 1 is 1.40 bits per heavy atom. The largest absolute Gasteiger partial charge is 0.384 e. The minimum absolute atomic E-state index is 0.156. The molecule has 8 heteroatoms. The Kier molecular flexibility index (Phi) is 5.47. The second-order valence-corrected chi connectivity index (χ2v) is 6.56. The SMILES string of the molecule is COCCC(=O)N1CCC[C@H](c2nnc(Cn3ccnc3C)n2C)C1. The van der Waals surface area contributed by atoms with E-state index >= 15 is 0 Å². The lowest BCUT2D eigenvalue weighted by Crippen LogP contribution is -2.40. The van der Waals surface area contributed by atoms with Gasteiger partial charge in [-0.3, -0.25) is 4.79 Å². The molecule has 136 valence electrons. The van der Waals surface area contributed by atoms with Crippen molar-refractivity contribution in [2.45, 2.75) is 38.6 Å². The lowest BCUT2D eigenvalue weighted by molar-refractivity contribution is -0.133. The van der Waals surface area contributed by atoms with Gasteiger partial charge in [0.05, 0.1) is 19.6 Å². The smallest absolute Gasteiger partial charge is 0.224 e. The molecule has 0 bridgehead atoms. The molecular weight excluding hydrogens is 320 g/mol. The molecule has 0 unspecified atom stereocenters. The van der Waals surface area contributed by atoms with E-state index in [-0.39, 0.29) is 11.8 Å². The summed E-state index contributed by atoms with van der Waals surface area (Å²) >= 11 is 0. The van der Waals surface area contributed by atoms with Crippen LogP contribution in [0.3, 0.4) is 0 Å². The Balaban J connectivity index is 1.69. The third-order valence-corrected chi connectivity index (χ3v) is 4.89. The van der Waals surface area contributed by atoms with Gasteiger partial charge in [-0.2, -0.15) is 0 Å². The number of rotatable bonds is 6. The Bertz CT molecular complexity index is 723. The number of hydrogen-bond donors (Lipinski definition) is 0. The van der Waals surface area contributed by atoms with E-state index in [9.17, 15) is 4.79 Å². The fourth-order valence-corrected chi connectivity index (χ4v) is 3.35. The van der Waals surface area contributed by atoms with Crippen LogP contribution in [0.1, 0.15) is 42.7 Å². The van der Waals surface area contributed by atoms with Crippen LogP contribution in [0.2, 0.25) is 0 Å². The van der Waals surface area contributed by atoms with Crippen molar-refractivity contribution in [1.82, 2.24) is 29.2 Å². The Hall–Kier alpha value is -2.22. The van der Waals surface area contributed by atoms with Crippen molar-refractivity contribution in [3.63, 3.8) is 0 Å². The molecule has 1 atom stereocenters. The van der Waals surface area contributed by atoms with Gasteiger partial charge in [0.15, 0.2) is 5.82 Å². The van der Waals surface area contributed by atoms with Gasteiger partial charge in [-0.25, -0.2) is 4.98 Å². The van der Waals surface area contributed by atoms with Crippen LogP contribution >= 0.6 is 0 Å². The summed E-state index contributed by atoms with van der Waals surface area (Å²) in [5.74, 6) is 3.20. The van der Waals surface area contributed by atoms with E-state index in [1.807, 2.05) is 25.1 Å². The summed E-state index contributed by atoms with van der Waals surface area (Å²) < 4.78 is 9.13. The number of carbonyl (C=O) groups is 1. The summed E-state index contributed by atoms with van der Waals surface area (Å²) in [5, 5.41) is 8.79. The lowest BCUT2D eigenvalue weighted by atomic mass is 9.97. The number of aromatic nitrogens is 5. The number of likely N-dealkylation sites (tertiary alicyclic amines) is 1. The molecule has 3 heterocycles. The molecule has 1 fully saturated rings. The van der Waals surface area contributed by atoms with Crippen LogP contribution in [-0.4, -0.2) is 61.9 Å². The predicted molar refractivity (Wildman–Crippen MR) is 92.1 cm³/mol. The first kappa shape index (κ1) is 17.6. The molecule has 25 heavy (non-hydrogen) atoms. The van der Waals surface area contributed by atoms with Gasteiger partial charge in [-0.1, -0.05) is 0 Å². The Morgan fingerprint density at radius 3 is 2.96 bits per heavy atom. The molecule has 0 radical (unpaired) electrons. The van der Waals surface area contributed by atoms with Gasteiger partial charge in [-0.05, 0) is 19.8 Å². The predicted octanol–water partition coefficient (Wildman–Crippen LogP) is 1.11. The molecule has 0 N–H and O–H groups in total. The topological polar surface area (TPSA) is 78.1 Å². The van der Waals surface area contributed by atoms with Crippen molar-refractivity contribution in [2.75, 3.05) is 26.8 Å². The van der Waals surface area contributed by atoms with Gasteiger partial charge in [0.2, 0.25) is 5.91 Å². The summed E-state index contributed by atoms with van der Waals surface area (Å²) in [6.45, 7) is 4.62. The molecule has 3 rings (SSSR count). The molecular formula is C17H26N6O2. The van der Waals surface area contributed by atoms with Crippen molar-refractivity contribution < 1.29 is 9.53 Å². The highest BCUT2D eigenvalue weighted by molar-refractivity contribution is 5.76.